The molecule has 1 N–H and O–H groups in total. The van der Waals surface area contributed by atoms with Crippen LogP contribution in [0.15, 0.2) is 42.9 Å². The van der Waals surface area contributed by atoms with Crippen LogP contribution in [0.25, 0.3) is 16.9 Å². The van der Waals surface area contributed by atoms with Crippen molar-refractivity contribution in [3.8, 4) is 5.69 Å². The summed E-state index contributed by atoms with van der Waals surface area (Å²) in [6, 6.07) is 11.2. The van der Waals surface area contributed by atoms with E-state index in [0.29, 0.717) is 23.9 Å². The minimum Gasteiger partial charge on any atom is -0.364 e. The van der Waals surface area contributed by atoms with Crippen LogP contribution in [0.5, 0.6) is 0 Å². The Morgan fingerprint density at radius 3 is 2.49 bits per heavy atom. The van der Waals surface area contributed by atoms with Crippen LogP contribution < -0.4 is 10.2 Å². The Labute approximate surface area is 210 Å². The van der Waals surface area contributed by atoms with Crippen molar-refractivity contribution in [2.24, 2.45) is 0 Å². The third-order valence-electron chi connectivity index (χ3n) is 6.58. The Balaban J connectivity index is 1.35. The molecule has 0 spiro atoms. The van der Waals surface area contributed by atoms with Crippen molar-refractivity contribution in [1.29, 1.82) is 0 Å². The Kier molecular flexibility index (Phi) is 6.62. The summed E-state index contributed by atoms with van der Waals surface area (Å²) in [5, 5.41) is 8.53. The van der Waals surface area contributed by atoms with Gasteiger partial charge in [0.15, 0.2) is 22.8 Å². The number of anilines is 2. The van der Waals surface area contributed by atoms with Crippen LogP contribution in [0.1, 0.15) is 39.3 Å². The summed E-state index contributed by atoms with van der Waals surface area (Å²) in [6.45, 7) is 13.3. The summed E-state index contributed by atoms with van der Waals surface area (Å²) in [5.41, 5.74) is 3.56. The van der Waals surface area contributed by atoms with Crippen LogP contribution >= 0.6 is 11.6 Å². The SMILES string of the molecule is CC(C)N1CCN(c2ccn(-c3ccccc3CNc3nc(Cl)nc4c3ncn4C(C)C)n2)CC1. The van der Waals surface area contributed by atoms with E-state index in [1.54, 1.807) is 6.33 Å². The lowest BCUT2D eigenvalue weighted by atomic mass is 10.2. The van der Waals surface area contributed by atoms with E-state index in [2.05, 4.69) is 76.0 Å². The van der Waals surface area contributed by atoms with Crippen LogP contribution in [0.4, 0.5) is 11.6 Å². The molecule has 1 aliphatic heterocycles. The van der Waals surface area contributed by atoms with E-state index in [-0.39, 0.29) is 11.3 Å². The molecule has 0 bridgehead atoms. The molecular weight excluding hydrogens is 462 g/mol. The fourth-order valence-corrected chi connectivity index (χ4v) is 4.70. The minimum absolute atomic E-state index is 0.199. The van der Waals surface area contributed by atoms with Crippen molar-refractivity contribution in [3.63, 3.8) is 0 Å². The van der Waals surface area contributed by atoms with Crippen LogP contribution in [-0.2, 0) is 6.54 Å². The van der Waals surface area contributed by atoms with Crippen molar-refractivity contribution < 1.29 is 0 Å². The van der Waals surface area contributed by atoms with Gasteiger partial charge in [-0.25, -0.2) is 9.67 Å². The Morgan fingerprint density at radius 1 is 0.971 bits per heavy atom. The highest BCUT2D eigenvalue weighted by molar-refractivity contribution is 6.28. The topological polar surface area (TPSA) is 79.9 Å². The number of piperazine rings is 1. The Morgan fingerprint density at radius 2 is 1.74 bits per heavy atom. The molecule has 1 aliphatic rings. The number of hydrogen-bond donors (Lipinski definition) is 1. The normalized spacial score (nSPS) is 15.0. The molecule has 0 unspecified atom stereocenters. The second-order valence-corrected chi connectivity index (χ2v) is 9.81. The summed E-state index contributed by atoms with van der Waals surface area (Å²) >= 11 is 6.24. The van der Waals surface area contributed by atoms with E-state index in [1.165, 1.54) is 0 Å². The third kappa shape index (κ3) is 4.83. The zero-order valence-corrected chi connectivity index (χ0v) is 21.4. The molecule has 1 aromatic carbocycles. The van der Waals surface area contributed by atoms with Gasteiger partial charge in [-0.2, -0.15) is 15.1 Å². The highest BCUT2D eigenvalue weighted by Crippen LogP contribution is 2.25. The average molecular weight is 494 g/mol. The maximum atomic E-state index is 6.24. The maximum Gasteiger partial charge on any atom is 0.226 e. The molecule has 4 heterocycles. The standard InChI is InChI=1S/C25H32ClN9/c1-17(2)32-11-13-33(14-12-32)21-9-10-35(31-21)20-8-6-5-7-19(20)15-27-23-22-24(30-25(26)29-23)34(16-28-22)18(3)4/h5-10,16-18H,11-15H2,1-4H3,(H,27,29,30). The molecule has 4 aromatic rings. The van der Waals surface area contributed by atoms with Crippen molar-refractivity contribution in [2.75, 3.05) is 36.4 Å². The first-order valence-electron chi connectivity index (χ1n) is 12.2. The molecular formula is C25H32ClN9. The fourth-order valence-electron chi connectivity index (χ4n) is 4.54. The lowest BCUT2D eigenvalue weighted by Crippen LogP contribution is -2.49. The van der Waals surface area contributed by atoms with Gasteiger partial charge in [0, 0.05) is 57.1 Å². The van der Waals surface area contributed by atoms with Crippen LogP contribution in [0, 0.1) is 0 Å². The third-order valence-corrected chi connectivity index (χ3v) is 6.75. The number of benzene rings is 1. The second kappa shape index (κ2) is 9.83. The highest BCUT2D eigenvalue weighted by Gasteiger charge is 2.21. The molecule has 0 aliphatic carbocycles. The summed E-state index contributed by atoms with van der Waals surface area (Å²) in [6.07, 6.45) is 3.82. The number of imidazole rings is 1. The number of aromatic nitrogens is 6. The average Bonchev–Trinajstić information content (AvgIpc) is 3.50. The van der Waals surface area contributed by atoms with Gasteiger partial charge in [0.2, 0.25) is 5.28 Å². The molecule has 0 saturated carbocycles. The van der Waals surface area contributed by atoms with Gasteiger partial charge in [-0.1, -0.05) is 18.2 Å². The minimum atomic E-state index is 0.199. The Bertz CT molecular complexity index is 1300. The lowest BCUT2D eigenvalue weighted by molar-refractivity contribution is 0.209. The fraction of sp³-hybridized carbons (Fsp3) is 0.440. The smallest absolute Gasteiger partial charge is 0.226 e. The summed E-state index contributed by atoms with van der Waals surface area (Å²) < 4.78 is 3.95. The van der Waals surface area contributed by atoms with E-state index in [1.807, 2.05) is 27.6 Å². The van der Waals surface area contributed by atoms with Gasteiger partial charge < -0.3 is 14.8 Å². The van der Waals surface area contributed by atoms with Gasteiger partial charge in [-0.3, -0.25) is 4.90 Å². The number of para-hydroxylation sites is 1. The van der Waals surface area contributed by atoms with Crippen molar-refractivity contribution >= 4 is 34.4 Å². The molecule has 9 nitrogen and oxygen atoms in total. The van der Waals surface area contributed by atoms with Crippen LogP contribution in [-0.4, -0.2) is 66.4 Å². The zero-order chi connectivity index (χ0) is 24.5. The van der Waals surface area contributed by atoms with Gasteiger partial charge in [0.25, 0.3) is 0 Å². The molecule has 0 amide bonds. The molecule has 0 radical (unpaired) electrons. The zero-order valence-electron chi connectivity index (χ0n) is 20.7. The molecule has 5 rings (SSSR count). The van der Waals surface area contributed by atoms with Crippen LogP contribution in [0.3, 0.4) is 0 Å². The predicted octanol–water partition coefficient (Wildman–Crippen LogP) is 4.39. The van der Waals surface area contributed by atoms with Gasteiger partial charge in [-0.15, -0.1) is 0 Å². The number of fused-ring (bicyclic) bond motifs is 1. The monoisotopic (exact) mass is 493 g/mol. The van der Waals surface area contributed by atoms with Gasteiger partial charge >= 0.3 is 0 Å². The summed E-state index contributed by atoms with van der Waals surface area (Å²) in [4.78, 5) is 18.2. The molecule has 35 heavy (non-hydrogen) atoms. The molecule has 10 heteroatoms. The van der Waals surface area contributed by atoms with Gasteiger partial charge in [0.05, 0.1) is 12.0 Å². The molecule has 184 valence electrons. The highest BCUT2D eigenvalue weighted by atomic mass is 35.5. The largest absolute Gasteiger partial charge is 0.364 e. The van der Waals surface area contributed by atoms with E-state index in [9.17, 15) is 0 Å². The first-order valence-corrected chi connectivity index (χ1v) is 12.6. The number of hydrogen-bond acceptors (Lipinski definition) is 7. The lowest BCUT2D eigenvalue weighted by Gasteiger charge is -2.37. The van der Waals surface area contributed by atoms with E-state index in [0.717, 1.165) is 48.9 Å². The van der Waals surface area contributed by atoms with Gasteiger partial charge in [0.1, 0.15) is 0 Å². The van der Waals surface area contributed by atoms with E-state index < -0.39 is 0 Å². The first kappa shape index (κ1) is 23.6. The Hall–Kier alpha value is -3.17. The molecule has 0 atom stereocenters. The van der Waals surface area contributed by atoms with Crippen molar-refractivity contribution in [3.05, 3.63) is 53.7 Å². The number of halogens is 1. The molecule has 1 fully saturated rings. The number of nitrogens with zero attached hydrogens (tertiary/aromatic N) is 8. The summed E-state index contributed by atoms with van der Waals surface area (Å²) in [7, 11) is 0. The molecule has 1 saturated heterocycles. The van der Waals surface area contributed by atoms with Crippen LogP contribution in [0.2, 0.25) is 5.28 Å². The van der Waals surface area contributed by atoms with Crippen molar-refractivity contribution in [1.82, 2.24) is 34.2 Å². The van der Waals surface area contributed by atoms with E-state index in [4.69, 9.17) is 16.7 Å². The van der Waals surface area contributed by atoms with E-state index >= 15 is 0 Å². The van der Waals surface area contributed by atoms with Crippen molar-refractivity contribution in [2.45, 2.75) is 46.3 Å². The predicted molar refractivity (Wildman–Crippen MR) is 141 cm³/mol. The maximum absolute atomic E-state index is 6.24. The number of rotatable bonds is 7. The first-order chi connectivity index (χ1) is 16.9. The quantitative estimate of drug-likeness (QED) is 0.382. The molecule has 3 aromatic heterocycles. The summed E-state index contributed by atoms with van der Waals surface area (Å²) in [5.74, 6) is 1.64. The second-order valence-electron chi connectivity index (χ2n) is 9.48. The van der Waals surface area contributed by atoms with Gasteiger partial charge in [-0.05, 0) is 50.9 Å². The number of nitrogens with one attached hydrogen (secondary N) is 1.